The van der Waals surface area contributed by atoms with Crippen LogP contribution in [0.2, 0.25) is 0 Å². The van der Waals surface area contributed by atoms with Crippen LogP contribution in [0.5, 0.6) is 0 Å². The van der Waals surface area contributed by atoms with Crippen molar-refractivity contribution in [2.45, 2.75) is 38.3 Å². The Morgan fingerprint density at radius 3 is 2.50 bits per heavy atom. The molecule has 0 fully saturated rings. The highest BCUT2D eigenvalue weighted by Crippen LogP contribution is 2.24. The Morgan fingerprint density at radius 2 is 2.00 bits per heavy atom. The molecule has 2 N–H and O–H groups in total. The average Bonchev–Trinajstić information content (AvgIpc) is 2.26. The third-order valence-electron chi connectivity index (χ3n) is 2.79. The molecular weight excluding hydrogens is 221 g/mol. The topological polar surface area (TPSA) is 26.0 Å². The molecule has 90 valence electrons. The van der Waals surface area contributed by atoms with E-state index in [2.05, 4.69) is 20.8 Å². The van der Waals surface area contributed by atoms with Gasteiger partial charge >= 0.3 is 0 Å². The maximum absolute atomic E-state index is 13.6. The van der Waals surface area contributed by atoms with Gasteiger partial charge < -0.3 is 5.73 Å². The lowest BCUT2D eigenvalue weighted by Crippen LogP contribution is -2.06. The zero-order valence-corrected chi connectivity index (χ0v) is 11.0. The van der Waals surface area contributed by atoms with Gasteiger partial charge in [0.15, 0.2) is 0 Å². The Kier molecular flexibility index (Phi) is 5.29. The van der Waals surface area contributed by atoms with Gasteiger partial charge in [-0.3, -0.25) is 0 Å². The minimum Gasteiger partial charge on any atom is -0.326 e. The maximum Gasteiger partial charge on any atom is 0.127 e. The first kappa shape index (κ1) is 13.5. The summed E-state index contributed by atoms with van der Waals surface area (Å²) in [6.07, 6.45) is 0. The van der Waals surface area contributed by atoms with Crippen LogP contribution in [0.4, 0.5) is 4.39 Å². The molecule has 0 radical (unpaired) electrons. The summed E-state index contributed by atoms with van der Waals surface area (Å²) >= 11 is 1.79. The quantitative estimate of drug-likeness (QED) is 0.853. The van der Waals surface area contributed by atoms with Gasteiger partial charge in [-0.05, 0) is 23.1 Å². The van der Waals surface area contributed by atoms with E-state index in [1.165, 1.54) is 6.07 Å². The van der Waals surface area contributed by atoms with Crippen molar-refractivity contribution in [1.82, 2.24) is 0 Å². The van der Waals surface area contributed by atoms with Crippen LogP contribution in [0, 0.1) is 11.7 Å². The molecule has 1 aromatic rings. The largest absolute Gasteiger partial charge is 0.326 e. The summed E-state index contributed by atoms with van der Waals surface area (Å²) in [6, 6.07) is 5.28. The van der Waals surface area contributed by atoms with Gasteiger partial charge in [-0.1, -0.05) is 32.9 Å². The van der Waals surface area contributed by atoms with Crippen LogP contribution in [-0.2, 0) is 12.3 Å². The van der Waals surface area contributed by atoms with Crippen LogP contribution in [0.3, 0.4) is 0 Å². The summed E-state index contributed by atoms with van der Waals surface area (Å²) in [7, 11) is 0. The summed E-state index contributed by atoms with van der Waals surface area (Å²) in [6.45, 7) is 6.95. The van der Waals surface area contributed by atoms with Crippen LogP contribution >= 0.6 is 11.8 Å². The number of hydrogen-bond acceptors (Lipinski definition) is 2. The predicted octanol–water partition coefficient (Wildman–Crippen LogP) is 3.56. The van der Waals surface area contributed by atoms with Crippen LogP contribution in [0.25, 0.3) is 0 Å². The average molecular weight is 241 g/mol. The minimum absolute atomic E-state index is 0.133. The molecule has 0 saturated heterocycles. The first-order valence-electron chi connectivity index (χ1n) is 5.63. The molecule has 0 bridgehead atoms. The highest BCUT2D eigenvalue weighted by molar-refractivity contribution is 7.99. The van der Waals surface area contributed by atoms with Crippen molar-refractivity contribution >= 4 is 11.8 Å². The molecule has 0 aliphatic carbocycles. The first-order valence-corrected chi connectivity index (χ1v) is 6.68. The lowest BCUT2D eigenvalue weighted by Gasteiger charge is -2.15. The van der Waals surface area contributed by atoms with Gasteiger partial charge in [0.25, 0.3) is 0 Å². The molecule has 0 saturated carbocycles. The molecule has 0 aliphatic heterocycles. The van der Waals surface area contributed by atoms with E-state index < -0.39 is 0 Å². The van der Waals surface area contributed by atoms with E-state index in [1.807, 2.05) is 12.1 Å². The summed E-state index contributed by atoms with van der Waals surface area (Å²) in [4.78, 5) is 0. The number of thioether (sulfide) groups is 1. The maximum atomic E-state index is 13.6. The van der Waals surface area contributed by atoms with Crippen LogP contribution in [0.15, 0.2) is 18.2 Å². The molecule has 16 heavy (non-hydrogen) atoms. The second kappa shape index (κ2) is 6.26. The highest BCUT2D eigenvalue weighted by Gasteiger charge is 2.09. The molecule has 1 atom stereocenters. The van der Waals surface area contributed by atoms with E-state index in [-0.39, 0.29) is 5.82 Å². The van der Waals surface area contributed by atoms with Gasteiger partial charge in [-0.2, -0.15) is 11.8 Å². The molecule has 0 spiro atoms. The smallest absolute Gasteiger partial charge is 0.127 e. The zero-order chi connectivity index (χ0) is 12.1. The van der Waals surface area contributed by atoms with Crippen molar-refractivity contribution in [2.75, 3.05) is 0 Å². The van der Waals surface area contributed by atoms with E-state index in [1.54, 1.807) is 11.8 Å². The summed E-state index contributed by atoms with van der Waals surface area (Å²) in [5.74, 6) is 1.22. The van der Waals surface area contributed by atoms with Gasteiger partial charge in [-0.15, -0.1) is 0 Å². The first-order chi connectivity index (χ1) is 7.54. The van der Waals surface area contributed by atoms with Gasteiger partial charge in [0.2, 0.25) is 0 Å². The fourth-order valence-corrected chi connectivity index (χ4v) is 2.31. The van der Waals surface area contributed by atoms with Crippen molar-refractivity contribution in [3.63, 3.8) is 0 Å². The third-order valence-corrected chi connectivity index (χ3v) is 4.34. The minimum atomic E-state index is -0.133. The van der Waals surface area contributed by atoms with E-state index in [0.29, 0.717) is 17.7 Å². The molecule has 3 heteroatoms. The number of nitrogens with two attached hydrogens (primary N) is 1. The molecular formula is C13H20FNS. The van der Waals surface area contributed by atoms with Gasteiger partial charge in [0, 0.05) is 17.5 Å². The second-order valence-corrected chi connectivity index (χ2v) is 5.76. The number of rotatable bonds is 5. The van der Waals surface area contributed by atoms with Crippen LogP contribution < -0.4 is 5.73 Å². The molecule has 1 unspecified atom stereocenters. The van der Waals surface area contributed by atoms with Crippen molar-refractivity contribution in [3.05, 3.63) is 35.1 Å². The van der Waals surface area contributed by atoms with Crippen LogP contribution in [-0.4, -0.2) is 5.25 Å². The zero-order valence-electron chi connectivity index (χ0n) is 10.2. The molecule has 1 rings (SSSR count). The predicted molar refractivity (Wildman–Crippen MR) is 69.9 cm³/mol. The van der Waals surface area contributed by atoms with Gasteiger partial charge in [0.05, 0.1) is 0 Å². The van der Waals surface area contributed by atoms with Crippen LogP contribution in [0.1, 0.15) is 31.9 Å². The fourth-order valence-electron chi connectivity index (χ4n) is 1.25. The molecule has 1 nitrogen and oxygen atoms in total. The molecule has 0 amide bonds. The van der Waals surface area contributed by atoms with E-state index in [4.69, 9.17) is 5.73 Å². The van der Waals surface area contributed by atoms with Crippen molar-refractivity contribution in [2.24, 2.45) is 11.7 Å². The monoisotopic (exact) mass is 241 g/mol. The lowest BCUT2D eigenvalue weighted by molar-refractivity contribution is 0.613. The van der Waals surface area contributed by atoms with Gasteiger partial charge in [-0.25, -0.2) is 4.39 Å². The van der Waals surface area contributed by atoms with Crippen molar-refractivity contribution < 1.29 is 4.39 Å². The second-order valence-electron chi connectivity index (χ2n) is 4.39. The Balaban J connectivity index is 2.61. The Labute approximate surface area is 102 Å². The molecule has 0 aromatic heterocycles. The Morgan fingerprint density at radius 1 is 1.31 bits per heavy atom. The fraction of sp³-hybridized carbons (Fsp3) is 0.538. The Hall–Kier alpha value is -0.540. The molecule has 1 aromatic carbocycles. The highest BCUT2D eigenvalue weighted by atomic mass is 32.2. The number of hydrogen-bond donors (Lipinski definition) is 1. The molecule has 0 heterocycles. The van der Waals surface area contributed by atoms with E-state index in [0.717, 1.165) is 16.9 Å². The van der Waals surface area contributed by atoms with Crippen molar-refractivity contribution in [3.8, 4) is 0 Å². The van der Waals surface area contributed by atoms with Crippen molar-refractivity contribution in [1.29, 1.82) is 0 Å². The van der Waals surface area contributed by atoms with E-state index in [9.17, 15) is 4.39 Å². The van der Waals surface area contributed by atoms with E-state index >= 15 is 0 Å². The molecule has 0 aliphatic rings. The SMILES string of the molecule is CC(C)C(C)SCc1ccc(CN)cc1F. The summed E-state index contributed by atoms with van der Waals surface area (Å²) in [5.41, 5.74) is 7.08. The number of halogens is 1. The summed E-state index contributed by atoms with van der Waals surface area (Å²) in [5, 5.41) is 0.550. The lowest BCUT2D eigenvalue weighted by atomic mass is 10.1. The standard InChI is InChI=1S/C13H20FNS/c1-9(2)10(3)16-8-12-5-4-11(7-15)6-13(12)14/h4-6,9-10H,7-8,15H2,1-3H3. The van der Waals surface area contributed by atoms with Gasteiger partial charge in [0.1, 0.15) is 5.82 Å². The third kappa shape index (κ3) is 3.80. The number of benzene rings is 1. The normalized spacial score (nSPS) is 13.1. The summed E-state index contributed by atoms with van der Waals surface area (Å²) < 4.78 is 13.6. The Bertz CT molecular complexity index is 339.